The third kappa shape index (κ3) is 1.57. The van der Waals surface area contributed by atoms with Gasteiger partial charge in [0.05, 0.1) is 5.69 Å². The highest BCUT2D eigenvalue weighted by atomic mass is 32.1. The molecule has 0 saturated carbocycles. The van der Waals surface area contributed by atoms with Crippen LogP contribution in [0.2, 0.25) is 0 Å². The molecule has 64 valence electrons. The number of allylic oxidation sites excluding steroid dienone is 1. The average molecular weight is 180 g/mol. The summed E-state index contributed by atoms with van der Waals surface area (Å²) in [6.45, 7) is 0. The van der Waals surface area contributed by atoms with E-state index in [1.54, 1.807) is 0 Å². The number of nitrogens with two attached hydrogens (primary N) is 1. The second kappa shape index (κ2) is 3.37. The van der Waals surface area contributed by atoms with Crippen molar-refractivity contribution in [1.29, 1.82) is 0 Å². The number of hydrogen-bond acceptors (Lipinski definition) is 3. The molecule has 0 amide bonds. The van der Waals surface area contributed by atoms with Gasteiger partial charge in [-0.25, -0.2) is 0 Å². The summed E-state index contributed by atoms with van der Waals surface area (Å²) in [5, 5.41) is 2.01. The molecular formula is C9H12N2S. The Kier molecular flexibility index (Phi) is 2.23. The lowest BCUT2D eigenvalue weighted by Gasteiger charge is -2.15. The third-order valence-corrected chi connectivity index (χ3v) is 2.73. The lowest BCUT2D eigenvalue weighted by atomic mass is 9.94. The molecule has 1 aromatic rings. The van der Waals surface area contributed by atoms with Crippen LogP contribution in [0.3, 0.4) is 0 Å². The van der Waals surface area contributed by atoms with Crippen molar-refractivity contribution in [3.05, 3.63) is 23.2 Å². The van der Waals surface area contributed by atoms with E-state index in [1.807, 2.05) is 5.38 Å². The maximum atomic E-state index is 5.83. The normalized spacial score (nSPS) is 23.8. The quantitative estimate of drug-likeness (QED) is 0.718. The lowest BCUT2D eigenvalue weighted by molar-refractivity contribution is 0.654. The summed E-state index contributed by atoms with van der Waals surface area (Å²) in [6, 6.07) is 2.31. The number of rotatable bonds is 1. The molecule has 0 radical (unpaired) electrons. The topological polar surface area (TPSA) is 38.9 Å². The van der Waals surface area contributed by atoms with Crippen molar-refractivity contribution in [3.8, 4) is 0 Å². The Balaban J connectivity index is 2.23. The van der Waals surface area contributed by atoms with Gasteiger partial charge in [0.15, 0.2) is 0 Å². The minimum atomic E-state index is 0.246. The summed E-state index contributed by atoms with van der Waals surface area (Å²) in [6.07, 6.45) is 5.61. The summed E-state index contributed by atoms with van der Waals surface area (Å²) in [7, 11) is 0. The zero-order valence-electron chi connectivity index (χ0n) is 6.86. The number of nitrogens with zero attached hydrogens (tertiary/aromatic N) is 1. The molecule has 0 aromatic carbocycles. The largest absolute Gasteiger partial charge is 0.324 e. The molecule has 0 bridgehead atoms. The first-order valence-electron chi connectivity index (χ1n) is 4.23. The second-order valence-corrected chi connectivity index (χ2v) is 3.80. The van der Waals surface area contributed by atoms with Crippen LogP contribution in [0.5, 0.6) is 0 Å². The minimum Gasteiger partial charge on any atom is -0.324 e. The van der Waals surface area contributed by atoms with E-state index in [0.29, 0.717) is 0 Å². The Morgan fingerprint density at radius 3 is 3.17 bits per heavy atom. The highest BCUT2D eigenvalue weighted by molar-refractivity contribution is 7.03. The van der Waals surface area contributed by atoms with Crippen molar-refractivity contribution in [1.82, 2.24) is 4.37 Å². The predicted molar refractivity (Wildman–Crippen MR) is 51.9 cm³/mol. The zero-order valence-corrected chi connectivity index (χ0v) is 7.68. The van der Waals surface area contributed by atoms with Crippen LogP contribution in [0.4, 0.5) is 0 Å². The Labute approximate surface area is 76.3 Å². The molecule has 1 aliphatic carbocycles. The third-order valence-electron chi connectivity index (χ3n) is 2.17. The standard InChI is InChI=1S/C9H12N2S/c10-8-3-1-2-7(6-8)9-4-5-12-11-9/h4-6,8H,1-3,10H2. The van der Waals surface area contributed by atoms with E-state index in [0.717, 1.165) is 18.5 Å². The Morgan fingerprint density at radius 1 is 1.58 bits per heavy atom. The molecule has 1 atom stereocenters. The molecule has 1 unspecified atom stereocenters. The maximum Gasteiger partial charge on any atom is 0.0797 e. The van der Waals surface area contributed by atoms with E-state index in [-0.39, 0.29) is 6.04 Å². The van der Waals surface area contributed by atoms with Gasteiger partial charge in [-0.3, -0.25) is 0 Å². The SMILES string of the molecule is NC1C=C(c2ccsn2)CCC1. The van der Waals surface area contributed by atoms with Gasteiger partial charge in [-0.1, -0.05) is 6.08 Å². The van der Waals surface area contributed by atoms with Gasteiger partial charge in [0.1, 0.15) is 0 Å². The Hall–Kier alpha value is -0.670. The first-order chi connectivity index (χ1) is 5.86. The summed E-state index contributed by atoms with van der Waals surface area (Å²) >= 11 is 1.50. The van der Waals surface area contributed by atoms with Crippen LogP contribution >= 0.6 is 11.5 Å². The van der Waals surface area contributed by atoms with Crippen LogP contribution in [0.25, 0.3) is 5.57 Å². The molecule has 1 aromatic heterocycles. The highest BCUT2D eigenvalue weighted by Crippen LogP contribution is 2.25. The van der Waals surface area contributed by atoms with Crippen molar-refractivity contribution >= 4 is 17.1 Å². The lowest BCUT2D eigenvalue weighted by Crippen LogP contribution is -2.19. The van der Waals surface area contributed by atoms with Crippen molar-refractivity contribution in [3.63, 3.8) is 0 Å². The molecule has 0 aliphatic heterocycles. The smallest absolute Gasteiger partial charge is 0.0797 e. The van der Waals surface area contributed by atoms with Crippen LogP contribution in [-0.2, 0) is 0 Å². The molecular weight excluding hydrogens is 168 g/mol. The fraction of sp³-hybridized carbons (Fsp3) is 0.444. The first-order valence-corrected chi connectivity index (χ1v) is 5.07. The molecule has 2 rings (SSSR count). The fourth-order valence-corrected chi connectivity index (χ4v) is 2.09. The summed E-state index contributed by atoms with van der Waals surface area (Å²) < 4.78 is 4.29. The maximum absolute atomic E-state index is 5.83. The van der Waals surface area contributed by atoms with E-state index < -0.39 is 0 Å². The molecule has 3 heteroatoms. The van der Waals surface area contributed by atoms with E-state index in [4.69, 9.17) is 5.73 Å². The Morgan fingerprint density at radius 2 is 2.50 bits per heavy atom. The van der Waals surface area contributed by atoms with Crippen molar-refractivity contribution < 1.29 is 0 Å². The monoisotopic (exact) mass is 180 g/mol. The van der Waals surface area contributed by atoms with Crippen LogP contribution in [0, 0.1) is 0 Å². The highest BCUT2D eigenvalue weighted by Gasteiger charge is 2.11. The van der Waals surface area contributed by atoms with Gasteiger partial charge in [-0.05, 0) is 42.4 Å². The van der Waals surface area contributed by atoms with Gasteiger partial charge in [-0.15, -0.1) is 0 Å². The van der Waals surface area contributed by atoms with Gasteiger partial charge in [0, 0.05) is 11.4 Å². The second-order valence-electron chi connectivity index (χ2n) is 3.13. The fourth-order valence-electron chi connectivity index (χ4n) is 1.54. The van der Waals surface area contributed by atoms with Gasteiger partial charge in [-0.2, -0.15) is 4.37 Å². The average Bonchev–Trinajstić information content (AvgIpc) is 2.56. The molecule has 0 fully saturated rings. The van der Waals surface area contributed by atoms with E-state index in [1.165, 1.54) is 23.5 Å². The number of aromatic nitrogens is 1. The van der Waals surface area contributed by atoms with Gasteiger partial charge in [0.25, 0.3) is 0 Å². The molecule has 0 spiro atoms. The van der Waals surface area contributed by atoms with Gasteiger partial charge >= 0.3 is 0 Å². The Bertz CT molecular complexity index is 277. The molecule has 0 saturated heterocycles. The van der Waals surface area contributed by atoms with Crippen LogP contribution < -0.4 is 5.73 Å². The van der Waals surface area contributed by atoms with Crippen molar-refractivity contribution in [2.45, 2.75) is 25.3 Å². The molecule has 1 heterocycles. The van der Waals surface area contributed by atoms with Crippen LogP contribution in [0.15, 0.2) is 17.5 Å². The summed E-state index contributed by atoms with van der Waals surface area (Å²) in [4.78, 5) is 0. The molecule has 1 aliphatic rings. The van der Waals surface area contributed by atoms with E-state index in [9.17, 15) is 0 Å². The summed E-state index contributed by atoms with van der Waals surface area (Å²) in [5.41, 5.74) is 8.28. The first kappa shape index (κ1) is 7.95. The van der Waals surface area contributed by atoms with Gasteiger partial charge in [0.2, 0.25) is 0 Å². The van der Waals surface area contributed by atoms with Crippen LogP contribution in [-0.4, -0.2) is 10.4 Å². The molecule has 12 heavy (non-hydrogen) atoms. The number of hydrogen-bond donors (Lipinski definition) is 1. The van der Waals surface area contributed by atoms with E-state index >= 15 is 0 Å². The van der Waals surface area contributed by atoms with E-state index in [2.05, 4.69) is 16.5 Å². The van der Waals surface area contributed by atoms with Crippen LogP contribution in [0.1, 0.15) is 25.0 Å². The minimum absolute atomic E-state index is 0.246. The van der Waals surface area contributed by atoms with Crippen molar-refractivity contribution in [2.24, 2.45) is 5.73 Å². The zero-order chi connectivity index (χ0) is 8.39. The predicted octanol–water partition coefficient (Wildman–Crippen LogP) is 2.04. The molecule has 2 N–H and O–H groups in total. The molecule has 2 nitrogen and oxygen atoms in total. The van der Waals surface area contributed by atoms with Crippen molar-refractivity contribution in [2.75, 3.05) is 0 Å². The van der Waals surface area contributed by atoms with Gasteiger partial charge < -0.3 is 5.73 Å². The summed E-state index contributed by atoms with van der Waals surface area (Å²) in [5.74, 6) is 0.